The summed E-state index contributed by atoms with van der Waals surface area (Å²) in [7, 11) is 0. The summed E-state index contributed by atoms with van der Waals surface area (Å²) in [6.07, 6.45) is 0. The maximum Gasteiger partial charge on any atom is 0.339 e. The largest absolute Gasteiger partial charge is 0.454 e. The molecule has 28 heavy (non-hydrogen) atoms. The Labute approximate surface area is 173 Å². The van der Waals surface area contributed by atoms with Gasteiger partial charge in [-0.1, -0.05) is 39.0 Å². The van der Waals surface area contributed by atoms with Crippen LogP contribution in [0.2, 0.25) is 0 Å². The molecule has 1 aromatic carbocycles. The van der Waals surface area contributed by atoms with Crippen molar-refractivity contribution in [1.82, 2.24) is 5.32 Å². The number of hydrogen-bond donors (Lipinski definition) is 1. The molecule has 0 aliphatic carbocycles. The fraction of sp³-hybridized carbons (Fsp3) is 0.381. The fourth-order valence-electron chi connectivity index (χ4n) is 2.22. The highest BCUT2D eigenvalue weighted by Crippen LogP contribution is 2.24. The second-order valence-electron chi connectivity index (χ2n) is 7.34. The zero-order valence-electron chi connectivity index (χ0n) is 16.5. The third-order valence-corrected chi connectivity index (χ3v) is 6.11. The van der Waals surface area contributed by atoms with Crippen molar-refractivity contribution in [3.63, 3.8) is 0 Å². The average molecular weight is 420 g/mol. The number of nitrogens with one attached hydrogen (secondary N) is 1. The second-order valence-corrected chi connectivity index (χ2v) is 9.34. The molecule has 1 N–H and O–H groups in total. The first-order valence-electron chi connectivity index (χ1n) is 8.93. The first-order valence-corrected chi connectivity index (χ1v) is 10.8. The quantitative estimate of drug-likeness (QED) is 0.504. The molecule has 0 bridgehead atoms. The Balaban J connectivity index is 1.93. The lowest BCUT2D eigenvalue weighted by Crippen LogP contribution is -2.28. The molecule has 0 aliphatic rings. The van der Waals surface area contributed by atoms with Crippen LogP contribution in [0.3, 0.4) is 0 Å². The van der Waals surface area contributed by atoms with Gasteiger partial charge in [0.15, 0.2) is 12.4 Å². The standard InChI is InChI=1S/C21H25NO4S2/c1-14(16-10-7-11-27-16)22-19(24)13-28-17-9-6-5-8-15(17)20(25)26-12-18(23)21(2,3)4/h5-11,14H,12-13H2,1-4H3,(H,22,24)/t14-/m1/s1. The number of amides is 1. The lowest BCUT2D eigenvalue weighted by molar-refractivity contribution is -0.129. The highest BCUT2D eigenvalue weighted by atomic mass is 32.2. The Morgan fingerprint density at radius 1 is 1.14 bits per heavy atom. The van der Waals surface area contributed by atoms with E-state index in [4.69, 9.17) is 4.74 Å². The van der Waals surface area contributed by atoms with Crippen molar-refractivity contribution in [3.8, 4) is 0 Å². The topological polar surface area (TPSA) is 72.5 Å². The van der Waals surface area contributed by atoms with E-state index < -0.39 is 11.4 Å². The lowest BCUT2D eigenvalue weighted by atomic mass is 9.91. The van der Waals surface area contributed by atoms with Crippen molar-refractivity contribution in [2.45, 2.75) is 38.6 Å². The number of Topliss-reactive ketones (excluding diaryl/α,β-unsaturated/α-hetero) is 1. The van der Waals surface area contributed by atoms with E-state index in [1.54, 1.807) is 56.4 Å². The summed E-state index contributed by atoms with van der Waals surface area (Å²) < 4.78 is 5.18. The smallest absolute Gasteiger partial charge is 0.339 e. The number of rotatable bonds is 8. The van der Waals surface area contributed by atoms with Gasteiger partial charge in [0.2, 0.25) is 5.91 Å². The summed E-state index contributed by atoms with van der Waals surface area (Å²) in [4.78, 5) is 38.3. The van der Waals surface area contributed by atoms with Crippen LogP contribution in [0.1, 0.15) is 49.0 Å². The Hall–Kier alpha value is -2.12. The number of carbonyl (C=O) groups is 3. The van der Waals surface area contributed by atoms with Gasteiger partial charge in [-0.05, 0) is 30.5 Å². The van der Waals surface area contributed by atoms with Crippen molar-refractivity contribution >= 4 is 40.8 Å². The summed E-state index contributed by atoms with van der Waals surface area (Å²) in [6.45, 7) is 7.01. The molecular formula is C21H25NO4S2. The van der Waals surface area contributed by atoms with Gasteiger partial charge in [0.05, 0.1) is 17.4 Å². The van der Waals surface area contributed by atoms with Crippen molar-refractivity contribution in [2.75, 3.05) is 12.4 Å². The van der Waals surface area contributed by atoms with Crippen molar-refractivity contribution < 1.29 is 19.1 Å². The van der Waals surface area contributed by atoms with Gasteiger partial charge in [0.1, 0.15) is 0 Å². The summed E-state index contributed by atoms with van der Waals surface area (Å²) >= 11 is 2.86. The number of ether oxygens (including phenoxy) is 1. The molecule has 5 nitrogen and oxygen atoms in total. The third kappa shape index (κ3) is 6.49. The molecule has 1 amide bonds. The van der Waals surface area contributed by atoms with E-state index in [0.717, 1.165) is 4.88 Å². The van der Waals surface area contributed by atoms with Gasteiger partial charge in [0.25, 0.3) is 0 Å². The molecular weight excluding hydrogens is 394 g/mol. The maximum absolute atomic E-state index is 12.4. The number of esters is 1. The summed E-state index contributed by atoms with van der Waals surface area (Å²) in [5.74, 6) is -0.640. The van der Waals surface area contributed by atoms with Crippen LogP contribution in [-0.2, 0) is 14.3 Å². The van der Waals surface area contributed by atoms with Crippen LogP contribution in [0.5, 0.6) is 0 Å². The number of ketones is 1. The van der Waals surface area contributed by atoms with E-state index in [1.807, 2.05) is 24.4 Å². The molecule has 150 valence electrons. The lowest BCUT2D eigenvalue weighted by Gasteiger charge is -2.16. The van der Waals surface area contributed by atoms with Crippen LogP contribution in [0.15, 0.2) is 46.7 Å². The minimum Gasteiger partial charge on any atom is -0.454 e. The Bertz CT molecular complexity index is 825. The maximum atomic E-state index is 12.4. The fourth-order valence-corrected chi connectivity index (χ4v) is 3.81. The van der Waals surface area contributed by atoms with Gasteiger partial charge in [-0.3, -0.25) is 9.59 Å². The first-order chi connectivity index (χ1) is 13.2. The molecule has 0 saturated carbocycles. The van der Waals surface area contributed by atoms with Gasteiger partial charge >= 0.3 is 5.97 Å². The number of hydrogen-bond acceptors (Lipinski definition) is 6. The van der Waals surface area contributed by atoms with Gasteiger partial charge in [0, 0.05) is 15.2 Å². The SMILES string of the molecule is C[C@@H](NC(=O)CSc1ccccc1C(=O)OCC(=O)C(C)(C)C)c1cccs1. The molecule has 0 aliphatic heterocycles. The van der Waals surface area contributed by atoms with E-state index in [2.05, 4.69) is 5.32 Å². The van der Waals surface area contributed by atoms with Crippen LogP contribution < -0.4 is 5.32 Å². The van der Waals surface area contributed by atoms with Crippen LogP contribution in [0.25, 0.3) is 0 Å². The van der Waals surface area contributed by atoms with Gasteiger partial charge in [-0.2, -0.15) is 0 Å². The number of thioether (sulfide) groups is 1. The molecule has 0 radical (unpaired) electrons. The summed E-state index contributed by atoms with van der Waals surface area (Å²) in [5.41, 5.74) is -0.209. The first kappa shape index (κ1) is 22.2. The normalized spacial score (nSPS) is 12.3. The highest BCUT2D eigenvalue weighted by Gasteiger charge is 2.23. The van der Waals surface area contributed by atoms with Crippen LogP contribution >= 0.6 is 23.1 Å². The molecule has 0 spiro atoms. The van der Waals surface area contributed by atoms with E-state index in [0.29, 0.717) is 10.5 Å². The van der Waals surface area contributed by atoms with Crippen molar-refractivity contribution in [3.05, 3.63) is 52.2 Å². The number of thiophene rings is 1. The average Bonchev–Trinajstić information content (AvgIpc) is 3.18. The molecule has 0 unspecified atom stereocenters. The van der Waals surface area contributed by atoms with Crippen molar-refractivity contribution in [1.29, 1.82) is 0 Å². The van der Waals surface area contributed by atoms with E-state index in [1.165, 1.54) is 11.8 Å². The zero-order chi connectivity index (χ0) is 20.7. The van der Waals surface area contributed by atoms with Crippen LogP contribution in [0, 0.1) is 5.41 Å². The number of benzene rings is 1. The monoisotopic (exact) mass is 419 g/mol. The van der Waals surface area contributed by atoms with Gasteiger partial charge < -0.3 is 10.1 Å². The summed E-state index contributed by atoms with van der Waals surface area (Å²) in [5, 5.41) is 4.92. The Kier molecular flexibility index (Phi) is 7.83. The van der Waals surface area contributed by atoms with Crippen LogP contribution in [-0.4, -0.2) is 30.0 Å². The molecule has 1 heterocycles. The minimum absolute atomic E-state index is 0.0586. The Morgan fingerprint density at radius 2 is 1.86 bits per heavy atom. The molecule has 1 atom stereocenters. The van der Waals surface area contributed by atoms with Crippen molar-refractivity contribution in [2.24, 2.45) is 5.41 Å². The molecule has 7 heteroatoms. The van der Waals surface area contributed by atoms with Crippen LogP contribution in [0.4, 0.5) is 0 Å². The molecule has 0 saturated heterocycles. The third-order valence-electron chi connectivity index (χ3n) is 3.98. The number of carbonyl (C=O) groups excluding carboxylic acids is 3. The molecule has 0 fully saturated rings. The van der Waals surface area contributed by atoms with Gasteiger partial charge in [-0.25, -0.2) is 4.79 Å². The zero-order valence-corrected chi connectivity index (χ0v) is 18.1. The van der Waals surface area contributed by atoms with Gasteiger partial charge in [-0.15, -0.1) is 23.1 Å². The van der Waals surface area contributed by atoms with E-state index >= 15 is 0 Å². The molecule has 2 rings (SSSR count). The predicted octanol–water partition coefficient (Wildman–Crippen LogP) is 4.49. The highest BCUT2D eigenvalue weighted by molar-refractivity contribution is 8.00. The van der Waals surface area contributed by atoms with E-state index in [9.17, 15) is 14.4 Å². The predicted molar refractivity (Wildman–Crippen MR) is 113 cm³/mol. The molecule has 2 aromatic rings. The second kappa shape index (κ2) is 9.89. The van der Waals surface area contributed by atoms with E-state index in [-0.39, 0.29) is 30.1 Å². The minimum atomic E-state index is -0.564. The Morgan fingerprint density at radius 3 is 2.50 bits per heavy atom. The molecule has 1 aromatic heterocycles. The summed E-state index contributed by atoms with van der Waals surface area (Å²) in [6, 6.07) is 10.8.